The Balaban J connectivity index is 2.06. The molecule has 0 bridgehead atoms. The van der Waals surface area contributed by atoms with Crippen LogP contribution in [-0.4, -0.2) is 33.3 Å². The molecule has 1 heterocycles. The first-order chi connectivity index (χ1) is 10.9. The summed E-state index contributed by atoms with van der Waals surface area (Å²) >= 11 is 3.27. The molecule has 1 N–H and O–H groups in total. The molecule has 0 unspecified atom stereocenters. The molecule has 23 heavy (non-hydrogen) atoms. The number of rotatable bonds is 6. The summed E-state index contributed by atoms with van der Waals surface area (Å²) in [6.45, 7) is -0.379. The van der Waals surface area contributed by atoms with Crippen LogP contribution in [0.5, 0.6) is 0 Å². The first-order valence-corrected chi connectivity index (χ1v) is 9.09. The monoisotopic (exact) mass is 399 g/mol. The van der Waals surface area contributed by atoms with Gasteiger partial charge in [0, 0.05) is 4.47 Å². The topological polar surface area (TPSA) is 92.0 Å². The number of halogens is 1. The number of hydrogen-bond donors (Lipinski definition) is 1. The van der Waals surface area contributed by atoms with Crippen molar-refractivity contribution in [1.82, 2.24) is 5.43 Å². The van der Waals surface area contributed by atoms with Crippen LogP contribution in [0.25, 0.3) is 0 Å². The maximum Gasteiger partial charge on any atom is 0.260 e. The number of nitrogens with zero attached hydrogens (tertiary/aromatic N) is 2. The Kier molecular flexibility index (Phi) is 5.56. The van der Waals surface area contributed by atoms with Crippen molar-refractivity contribution in [2.45, 2.75) is 0 Å². The van der Waals surface area contributed by atoms with Gasteiger partial charge in [0.1, 0.15) is 12.3 Å². The Morgan fingerprint density at radius 1 is 1.35 bits per heavy atom. The summed E-state index contributed by atoms with van der Waals surface area (Å²) in [5.74, 6) is -0.0978. The van der Waals surface area contributed by atoms with Crippen LogP contribution >= 0.6 is 15.9 Å². The van der Waals surface area contributed by atoms with E-state index in [2.05, 4.69) is 26.5 Å². The Morgan fingerprint density at radius 3 is 2.61 bits per heavy atom. The Bertz CT molecular complexity index is 786. The number of hydrazone groups is 1. The lowest BCUT2D eigenvalue weighted by Crippen LogP contribution is -2.38. The number of amides is 1. The summed E-state index contributed by atoms with van der Waals surface area (Å²) in [5.41, 5.74) is 2.65. The van der Waals surface area contributed by atoms with Gasteiger partial charge < -0.3 is 4.42 Å². The minimum Gasteiger partial charge on any atom is -0.463 e. The lowest BCUT2D eigenvalue weighted by molar-refractivity contribution is -0.119. The molecule has 0 aliphatic rings. The van der Waals surface area contributed by atoms with Gasteiger partial charge in [-0.05, 0) is 36.4 Å². The summed E-state index contributed by atoms with van der Waals surface area (Å²) in [6.07, 6.45) is 3.83. The maximum absolute atomic E-state index is 11.9. The van der Waals surface area contributed by atoms with Gasteiger partial charge in [0.15, 0.2) is 0 Å². The quantitative estimate of drug-likeness (QED) is 0.593. The molecule has 0 radical (unpaired) electrons. The number of nitrogens with one attached hydrogen (secondary N) is 1. The molecule has 2 aromatic rings. The number of carbonyl (C=O) groups is 1. The van der Waals surface area contributed by atoms with Crippen LogP contribution in [0.3, 0.4) is 0 Å². The Morgan fingerprint density at radius 2 is 2.04 bits per heavy atom. The molecular formula is C14H14BrN3O4S. The second-order valence-electron chi connectivity index (χ2n) is 4.55. The summed E-state index contributed by atoms with van der Waals surface area (Å²) < 4.78 is 30.6. The van der Waals surface area contributed by atoms with Gasteiger partial charge in [-0.15, -0.1) is 0 Å². The second kappa shape index (κ2) is 7.42. The molecule has 1 aromatic heterocycles. The van der Waals surface area contributed by atoms with Crippen molar-refractivity contribution in [2.24, 2.45) is 5.10 Å². The van der Waals surface area contributed by atoms with E-state index in [1.54, 1.807) is 36.4 Å². The number of sulfonamides is 1. The number of benzene rings is 1. The summed E-state index contributed by atoms with van der Waals surface area (Å²) in [7, 11) is -3.61. The van der Waals surface area contributed by atoms with Gasteiger partial charge in [-0.1, -0.05) is 15.9 Å². The highest BCUT2D eigenvalue weighted by Gasteiger charge is 2.20. The molecule has 9 heteroatoms. The molecule has 0 fully saturated rings. The van der Waals surface area contributed by atoms with Crippen LogP contribution in [0.15, 0.2) is 56.7 Å². The zero-order valence-corrected chi connectivity index (χ0v) is 14.5. The van der Waals surface area contributed by atoms with Gasteiger partial charge in [0.25, 0.3) is 5.91 Å². The molecule has 0 spiro atoms. The number of carbonyl (C=O) groups excluding carboxylic acids is 1. The van der Waals surface area contributed by atoms with Gasteiger partial charge in [-0.3, -0.25) is 9.10 Å². The zero-order valence-electron chi connectivity index (χ0n) is 12.1. The maximum atomic E-state index is 11.9. The van der Waals surface area contributed by atoms with E-state index in [0.29, 0.717) is 11.4 Å². The molecule has 0 atom stereocenters. The molecule has 0 saturated heterocycles. The SMILES string of the molecule is CS(=O)(=O)N(CC(=O)N/N=C\c1ccco1)c1ccc(Br)cc1. The van der Waals surface area contributed by atoms with Crippen LogP contribution in [0, 0.1) is 0 Å². The molecule has 122 valence electrons. The average Bonchev–Trinajstić information content (AvgIpc) is 2.98. The van der Waals surface area contributed by atoms with E-state index < -0.39 is 15.9 Å². The fourth-order valence-corrected chi connectivity index (χ4v) is 2.83. The summed E-state index contributed by atoms with van der Waals surface area (Å²) in [5, 5.41) is 3.71. The molecule has 2 rings (SSSR count). The lowest BCUT2D eigenvalue weighted by Gasteiger charge is -2.21. The predicted octanol–water partition coefficient (Wildman–Crippen LogP) is 1.96. The van der Waals surface area contributed by atoms with E-state index in [9.17, 15) is 13.2 Å². The molecule has 1 amide bonds. The Hall–Kier alpha value is -2.13. The first-order valence-electron chi connectivity index (χ1n) is 6.45. The lowest BCUT2D eigenvalue weighted by atomic mass is 10.3. The van der Waals surface area contributed by atoms with Crippen molar-refractivity contribution in [2.75, 3.05) is 17.1 Å². The van der Waals surface area contributed by atoms with Gasteiger partial charge in [-0.2, -0.15) is 5.10 Å². The van der Waals surface area contributed by atoms with Crippen LogP contribution in [0.2, 0.25) is 0 Å². The third-order valence-corrected chi connectivity index (χ3v) is 4.40. The second-order valence-corrected chi connectivity index (χ2v) is 7.38. The minimum absolute atomic E-state index is 0.379. The summed E-state index contributed by atoms with van der Waals surface area (Å²) in [6, 6.07) is 9.94. The highest BCUT2D eigenvalue weighted by molar-refractivity contribution is 9.10. The molecule has 7 nitrogen and oxygen atoms in total. The van der Waals surface area contributed by atoms with Gasteiger partial charge >= 0.3 is 0 Å². The van der Waals surface area contributed by atoms with Crippen LogP contribution in [0.1, 0.15) is 5.76 Å². The van der Waals surface area contributed by atoms with E-state index in [4.69, 9.17) is 4.42 Å². The van der Waals surface area contributed by atoms with Gasteiger partial charge in [-0.25, -0.2) is 13.8 Å². The normalized spacial score (nSPS) is 11.6. The minimum atomic E-state index is -3.61. The van der Waals surface area contributed by atoms with Crippen molar-refractivity contribution in [3.8, 4) is 0 Å². The smallest absolute Gasteiger partial charge is 0.260 e. The highest BCUT2D eigenvalue weighted by Crippen LogP contribution is 2.20. The van der Waals surface area contributed by atoms with E-state index in [0.717, 1.165) is 15.0 Å². The van der Waals surface area contributed by atoms with Crippen molar-refractivity contribution < 1.29 is 17.6 Å². The highest BCUT2D eigenvalue weighted by atomic mass is 79.9. The van der Waals surface area contributed by atoms with Crippen molar-refractivity contribution >= 4 is 43.8 Å². The molecule has 1 aromatic carbocycles. The third kappa shape index (κ3) is 5.22. The van der Waals surface area contributed by atoms with Crippen LogP contribution in [0.4, 0.5) is 5.69 Å². The third-order valence-electron chi connectivity index (χ3n) is 2.73. The molecule has 0 aliphatic heterocycles. The number of anilines is 1. The summed E-state index contributed by atoms with van der Waals surface area (Å²) in [4.78, 5) is 11.9. The van der Waals surface area contributed by atoms with Crippen molar-refractivity contribution in [3.05, 3.63) is 52.9 Å². The Labute approximate surface area is 142 Å². The molecular weight excluding hydrogens is 386 g/mol. The number of hydrogen-bond acceptors (Lipinski definition) is 5. The average molecular weight is 400 g/mol. The zero-order chi connectivity index (χ0) is 16.9. The van der Waals surface area contributed by atoms with Crippen LogP contribution in [-0.2, 0) is 14.8 Å². The first kappa shape index (κ1) is 17.2. The van der Waals surface area contributed by atoms with Crippen LogP contribution < -0.4 is 9.73 Å². The van der Waals surface area contributed by atoms with E-state index >= 15 is 0 Å². The van der Waals surface area contributed by atoms with Gasteiger partial charge in [0.2, 0.25) is 10.0 Å². The molecule has 0 aliphatic carbocycles. The molecule has 0 saturated carbocycles. The largest absolute Gasteiger partial charge is 0.463 e. The standard InChI is InChI=1S/C14H14BrN3O4S/c1-23(20,21)18(12-6-4-11(15)5-7-12)10-14(19)17-16-9-13-3-2-8-22-13/h2-9H,10H2,1H3,(H,17,19)/b16-9-. The van der Waals surface area contributed by atoms with E-state index in [1.807, 2.05) is 0 Å². The van der Waals surface area contributed by atoms with Crippen molar-refractivity contribution in [1.29, 1.82) is 0 Å². The van der Waals surface area contributed by atoms with Crippen molar-refractivity contribution in [3.63, 3.8) is 0 Å². The fourth-order valence-electron chi connectivity index (χ4n) is 1.71. The van der Waals surface area contributed by atoms with Gasteiger partial charge in [0.05, 0.1) is 24.4 Å². The number of furan rings is 1. The fraction of sp³-hybridized carbons (Fsp3) is 0.143. The van der Waals surface area contributed by atoms with E-state index in [1.165, 1.54) is 12.5 Å². The van der Waals surface area contributed by atoms with E-state index in [-0.39, 0.29) is 6.54 Å². The predicted molar refractivity (Wildman–Crippen MR) is 90.8 cm³/mol.